The van der Waals surface area contributed by atoms with E-state index in [9.17, 15) is 0 Å². The van der Waals surface area contributed by atoms with Gasteiger partial charge in [-0.1, -0.05) is 0 Å². The van der Waals surface area contributed by atoms with Crippen LogP contribution in [-0.2, 0) is 20.0 Å². The van der Waals surface area contributed by atoms with Gasteiger partial charge in [0.05, 0.1) is 5.69 Å². The molecular weight excluding hydrogens is 274 g/mol. The first-order chi connectivity index (χ1) is 9.27. The van der Waals surface area contributed by atoms with Crippen LogP contribution in [0.3, 0.4) is 0 Å². The number of aromatic nitrogens is 4. The number of imidazole rings is 1. The van der Waals surface area contributed by atoms with Crippen molar-refractivity contribution >= 4 is 22.8 Å². The molecule has 0 aliphatic carbocycles. The van der Waals surface area contributed by atoms with E-state index in [-0.39, 0.29) is 5.54 Å². The van der Waals surface area contributed by atoms with E-state index >= 15 is 0 Å². The molecule has 0 radical (unpaired) electrons. The number of rotatable bonds is 5. The van der Waals surface area contributed by atoms with Gasteiger partial charge in [-0.05, 0) is 34.9 Å². The molecule has 0 amide bonds. The molecule has 0 aliphatic heterocycles. The topological polar surface area (TPSA) is 38.9 Å². The summed E-state index contributed by atoms with van der Waals surface area (Å²) in [4.78, 5) is 6.97. The van der Waals surface area contributed by atoms with Gasteiger partial charge in [0, 0.05) is 31.4 Å². The Morgan fingerprint density at radius 2 is 1.95 bits per heavy atom. The normalized spacial score (nSPS) is 12.8. The average Bonchev–Trinajstić information content (AvgIpc) is 2.80. The van der Waals surface area contributed by atoms with Crippen molar-refractivity contribution in [3.63, 3.8) is 0 Å². The standard InChI is InChI=1S/C14H24ClN5/c1-10-12-13(19(6)17-10)20(11(16-12)7-8-15)9-14(2,3)18(4)5/h7-9H2,1-6H3. The van der Waals surface area contributed by atoms with Crippen LogP contribution in [0, 0.1) is 6.92 Å². The third-order valence-corrected chi connectivity index (χ3v) is 4.23. The number of halogens is 1. The number of hydrogen-bond donors (Lipinski definition) is 0. The quantitative estimate of drug-likeness (QED) is 0.794. The average molecular weight is 298 g/mol. The number of alkyl halides is 1. The van der Waals surface area contributed by atoms with E-state index in [4.69, 9.17) is 16.6 Å². The summed E-state index contributed by atoms with van der Waals surface area (Å²) in [5, 5.41) is 4.47. The van der Waals surface area contributed by atoms with E-state index in [0.29, 0.717) is 5.88 Å². The molecule has 0 aliphatic rings. The molecule has 0 aromatic carbocycles. The lowest BCUT2D eigenvalue weighted by molar-refractivity contribution is 0.169. The first-order valence-corrected chi connectivity index (χ1v) is 7.43. The smallest absolute Gasteiger partial charge is 0.158 e. The van der Waals surface area contributed by atoms with E-state index in [0.717, 1.165) is 35.6 Å². The first-order valence-electron chi connectivity index (χ1n) is 6.90. The Bertz CT molecular complexity index is 609. The highest BCUT2D eigenvalue weighted by Gasteiger charge is 2.25. The Morgan fingerprint density at radius 1 is 1.30 bits per heavy atom. The zero-order chi connectivity index (χ0) is 15.1. The number of fused-ring (bicyclic) bond motifs is 1. The molecule has 0 fully saturated rings. The minimum Gasteiger partial charge on any atom is -0.311 e. The van der Waals surface area contributed by atoms with Crippen molar-refractivity contribution in [1.82, 2.24) is 24.2 Å². The number of nitrogens with zero attached hydrogens (tertiary/aromatic N) is 5. The van der Waals surface area contributed by atoms with Crippen LogP contribution in [0.15, 0.2) is 0 Å². The monoisotopic (exact) mass is 297 g/mol. The Balaban J connectivity index is 2.56. The molecule has 0 bridgehead atoms. The molecule has 2 aromatic heterocycles. The molecule has 0 spiro atoms. The number of likely N-dealkylation sites (N-methyl/N-ethyl adjacent to an activating group) is 1. The van der Waals surface area contributed by atoms with Crippen molar-refractivity contribution in [2.45, 2.75) is 39.3 Å². The van der Waals surface area contributed by atoms with Gasteiger partial charge in [0.2, 0.25) is 0 Å². The summed E-state index contributed by atoms with van der Waals surface area (Å²) in [7, 11) is 6.17. The molecule has 0 saturated carbocycles. The first kappa shape index (κ1) is 15.3. The number of aryl methyl sites for hydroxylation is 3. The van der Waals surface area contributed by atoms with Gasteiger partial charge in [-0.15, -0.1) is 11.6 Å². The second-order valence-electron chi connectivity index (χ2n) is 6.14. The van der Waals surface area contributed by atoms with Gasteiger partial charge in [-0.3, -0.25) is 4.68 Å². The molecule has 112 valence electrons. The second-order valence-corrected chi connectivity index (χ2v) is 6.52. The van der Waals surface area contributed by atoms with Crippen LogP contribution in [0.2, 0.25) is 0 Å². The number of hydrogen-bond acceptors (Lipinski definition) is 3. The highest BCUT2D eigenvalue weighted by molar-refractivity contribution is 6.17. The lowest BCUT2D eigenvalue weighted by Crippen LogP contribution is -2.42. The Morgan fingerprint density at radius 3 is 2.50 bits per heavy atom. The predicted molar refractivity (Wildman–Crippen MR) is 83.4 cm³/mol. The van der Waals surface area contributed by atoms with Gasteiger partial charge in [0.25, 0.3) is 0 Å². The van der Waals surface area contributed by atoms with Gasteiger partial charge >= 0.3 is 0 Å². The van der Waals surface area contributed by atoms with E-state index in [1.54, 1.807) is 0 Å². The maximum atomic E-state index is 5.93. The fourth-order valence-corrected chi connectivity index (χ4v) is 2.52. The van der Waals surface area contributed by atoms with Crippen LogP contribution in [-0.4, -0.2) is 49.7 Å². The Kier molecular flexibility index (Phi) is 4.12. The van der Waals surface area contributed by atoms with Crippen molar-refractivity contribution in [2.75, 3.05) is 20.0 Å². The highest BCUT2D eigenvalue weighted by Crippen LogP contribution is 2.23. The predicted octanol–water partition coefficient (Wildman–Crippen LogP) is 2.20. The molecule has 0 unspecified atom stereocenters. The van der Waals surface area contributed by atoms with Crippen LogP contribution < -0.4 is 0 Å². The molecule has 2 heterocycles. The maximum absolute atomic E-state index is 5.93. The Hall–Kier alpha value is -1.07. The summed E-state index contributed by atoms with van der Waals surface area (Å²) in [6.45, 7) is 7.32. The molecule has 2 rings (SSSR count). The third kappa shape index (κ3) is 2.56. The molecule has 0 N–H and O–H groups in total. The van der Waals surface area contributed by atoms with Gasteiger partial charge < -0.3 is 9.47 Å². The van der Waals surface area contributed by atoms with E-state index in [2.05, 4.69) is 42.5 Å². The van der Waals surface area contributed by atoms with Crippen LogP contribution in [0.1, 0.15) is 25.4 Å². The third-order valence-electron chi connectivity index (χ3n) is 4.04. The molecule has 6 heteroatoms. The van der Waals surface area contributed by atoms with E-state index < -0.39 is 0 Å². The summed E-state index contributed by atoms with van der Waals surface area (Å²) in [6, 6.07) is 0. The molecule has 0 atom stereocenters. The highest BCUT2D eigenvalue weighted by atomic mass is 35.5. The van der Waals surface area contributed by atoms with Crippen LogP contribution in [0.5, 0.6) is 0 Å². The fourth-order valence-electron chi connectivity index (χ4n) is 2.35. The zero-order valence-corrected chi connectivity index (χ0v) is 14.0. The SMILES string of the molecule is Cc1nn(C)c2c1nc(CCCl)n2CC(C)(C)N(C)C. The van der Waals surface area contributed by atoms with Gasteiger partial charge in [-0.25, -0.2) is 4.98 Å². The fraction of sp³-hybridized carbons (Fsp3) is 0.714. The lowest BCUT2D eigenvalue weighted by atomic mass is 10.0. The summed E-state index contributed by atoms with van der Waals surface area (Å²) in [5.74, 6) is 1.62. The zero-order valence-electron chi connectivity index (χ0n) is 13.2. The van der Waals surface area contributed by atoms with Crippen LogP contribution in [0.25, 0.3) is 11.2 Å². The van der Waals surface area contributed by atoms with Crippen LogP contribution in [0.4, 0.5) is 0 Å². The van der Waals surface area contributed by atoms with Gasteiger partial charge in [0.1, 0.15) is 11.3 Å². The minimum atomic E-state index is 0.0346. The van der Waals surface area contributed by atoms with Crippen molar-refractivity contribution in [1.29, 1.82) is 0 Å². The largest absolute Gasteiger partial charge is 0.311 e. The van der Waals surface area contributed by atoms with Crippen molar-refractivity contribution in [3.8, 4) is 0 Å². The second kappa shape index (κ2) is 5.37. The Labute approximate surface area is 125 Å². The van der Waals surface area contributed by atoms with Crippen molar-refractivity contribution in [2.24, 2.45) is 7.05 Å². The van der Waals surface area contributed by atoms with Gasteiger partial charge in [0.15, 0.2) is 5.65 Å². The summed E-state index contributed by atoms with van der Waals surface area (Å²) >= 11 is 5.93. The summed E-state index contributed by atoms with van der Waals surface area (Å²) in [5.41, 5.74) is 3.08. The molecule has 5 nitrogen and oxygen atoms in total. The molecule has 2 aromatic rings. The van der Waals surface area contributed by atoms with E-state index in [1.807, 2.05) is 18.7 Å². The van der Waals surface area contributed by atoms with Crippen molar-refractivity contribution in [3.05, 3.63) is 11.5 Å². The minimum absolute atomic E-state index is 0.0346. The summed E-state index contributed by atoms with van der Waals surface area (Å²) < 4.78 is 4.18. The van der Waals surface area contributed by atoms with E-state index in [1.165, 1.54) is 0 Å². The van der Waals surface area contributed by atoms with Crippen LogP contribution >= 0.6 is 11.6 Å². The lowest BCUT2D eigenvalue weighted by Gasteiger charge is -2.33. The maximum Gasteiger partial charge on any atom is 0.158 e. The summed E-state index contributed by atoms with van der Waals surface area (Å²) in [6.07, 6.45) is 0.777. The molecule has 20 heavy (non-hydrogen) atoms. The molecular formula is C14H24ClN5. The van der Waals surface area contributed by atoms with Crippen molar-refractivity contribution < 1.29 is 0 Å². The molecule has 0 saturated heterocycles. The van der Waals surface area contributed by atoms with Gasteiger partial charge in [-0.2, -0.15) is 5.10 Å².